The van der Waals surface area contributed by atoms with Crippen molar-refractivity contribution >= 4 is 44.0 Å². The smallest absolute Gasteiger partial charge is 0.416 e. The third kappa shape index (κ3) is 10.3. The van der Waals surface area contributed by atoms with Crippen LogP contribution in [0, 0.1) is 31.7 Å². The predicted octanol–water partition coefficient (Wildman–Crippen LogP) is 19.9. The molecule has 0 amide bonds. The van der Waals surface area contributed by atoms with Gasteiger partial charge in [-0.1, -0.05) is 148 Å². The van der Waals surface area contributed by atoms with Gasteiger partial charge in [-0.2, -0.15) is 13.2 Å². The molecular weight excluding hydrogens is 1190 g/mol. The molecule has 0 aliphatic carbocycles. The van der Waals surface area contributed by atoms with Crippen molar-refractivity contribution in [3.8, 4) is 67.5 Å². The number of para-hydroxylation sites is 5. The van der Waals surface area contributed by atoms with Crippen LogP contribution in [0.1, 0.15) is 75.6 Å². The normalized spacial score (nSPS) is 13.1. The van der Waals surface area contributed by atoms with E-state index in [-0.39, 0.29) is 54.6 Å². The van der Waals surface area contributed by atoms with Gasteiger partial charge in [0.15, 0.2) is 0 Å². The minimum absolute atomic E-state index is 0. The summed E-state index contributed by atoms with van der Waals surface area (Å²) in [5.74, 6) is 1.17. The first-order chi connectivity index (χ1) is 41.1. The standard InChI is InChI=1S/C44H34F3N2O.C27H20FN2.Ir/c1-26(2)36-23-31(28-11-6-5-7-12-28)24-37(27(3)4)41(36)49-39-16-9-8-15-38(39)48-43(49)35-14-10-13-34-33-22-19-30(25-40(33)50-42(34)35)29-17-20-32(21-18-29)44(45,46)47;1-18-7-5-8-19(2)26(18)30-25-12-4-3-11-24(25)29-27(30)22-10-6-9-21(17-22)20-13-15-23(28)16-14-20;/h5-13,15-27H,1-4H3;3-9,11-17H,1-2H3;/q2*-1;/i;1D3,2D3;. The fraction of sp³-hybridized carbons (Fsp3) is 0.127. The topological polar surface area (TPSA) is 48.8 Å². The number of alkyl halides is 3. The molecule has 403 valence electrons. The number of hydrogen-bond donors (Lipinski definition) is 0. The van der Waals surface area contributed by atoms with Crippen LogP contribution in [0.4, 0.5) is 17.6 Å². The number of aryl methyl sites for hydroxylation is 2. The molecule has 0 spiro atoms. The Hall–Kier alpha value is -8.69. The molecule has 0 aliphatic heterocycles. The van der Waals surface area contributed by atoms with Gasteiger partial charge in [-0.3, -0.25) is 9.97 Å². The largest absolute Gasteiger partial charge is 0.501 e. The van der Waals surface area contributed by atoms with Crippen molar-refractivity contribution in [3.63, 3.8) is 0 Å². The molecule has 0 saturated carbocycles. The SMILES string of the molecule is CC(C)c1cc(-c2ccccc2)cc(C(C)C)c1-n1c(-c2[c-]ccc3c2oc2cc(-c4ccc(C(F)(F)F)cc4)ccc23)nc2ccccc21.[2H]C([2H])([2H])c1cccc(C([2H])([2H])[2H])c1-n1c(-c2[c-]ccc(-c3ccc(F)cc3)c2)nc2ccccc21.[Ir]. The first-order valence-corrected chi connectivity index (χ1v) is 26.3. The van der Waals surface area contributed by atoms with E-state index >= 15 is 0 Å². The maximum absolute atomic E-state index is 13.5. The van der Waals surface area contributed by atoms with E-state index in [0.717, 1.165) is 67.7 Å². The molecular formula is C71H54F4IrN4O-2. The number of rotatable bonds is 9. The van der Waals surface area contributed by atoms with E-state index in [1.54, 1.807) is 41.0 Å². The van der Waals surface area contributed by atoms with Crippen LogP contribution in [0.25, 0.3) is 112 Å². The van der Waals surface area contributed by atoms with E-state index in [0.29, 0.717) is 39.2 Å². The van der Waals surface area contributed by atoms with E-state index in [1.807, 2.05) is 72.8 Å². The van der Waals surface area contributed by atoms with Crippen LogP contribution < -0.4 is 0 Å². The second kappa shape index (κ2) is 22.1. The third-order valence-corrected chi connectivity index (χ3v) is 14.5. The fourth-order valence-corrected chi connectivity index (χ4v) is 10.6. The summed E-state index contributed by atoms with van der Waals surface area (Å²) < 4.78 is 112. The second-order valence-electron chi connectivity index (χ2n) is 20.4. The monoisotopic (exact) mass is 1250 g/mol. The Morgan fingerprint density at radius 1 is 0.506 bits per heavy atom. The number of benzene rings is 10. The second-order valence-corrected chi connectivity index (χ2v) is 20.4. The van der Waals surface area contributed by atoms with Crippen LogP contribution >= 0.6 is 0 Å². The summed E-state index contributed by atoms with van der Waals surface area (Å²) in [5, 5.41) is 1.82. The number of fused-ring (bicyclic) bond motifs is 5. The number of halogens is 4. The number of furan rings is 1. The van der Waals surface area contributed by atoms with Crippen LogP contribution in [-0.4, -0.2) is 19.1 Å². The molecule has 81 heavy (non-hydrogen) atoms. The van der Waals surface area contributed by atoms with Crippen molar-refractivity contribution in [2.24, 2.45) is 0 Å². The van der Waals surface area contributed by atoms with Gasteiger partial charge in [-0.05, 0) is 142 Å². The zero-order valence-corrected chi connectivity index (χ0v) is 46.7. The fourth-order valence-electron chi connectivity index (χ4n) is 10.6. The van der Waals surface area contributed by atoms with Crippen molar-refractivity contribution in [2.45, 2.75) is 59.4 Å². The number of aromatic nitrogens is 4. The van der Waals surface area contributed by atoms with Crippen LogP contribution in [0.5, 0.6) is 0 Å². The first-order valence-electron chi connectivity index (χ1n) is 29.3. The number of nitrogens with zero attached hydrogens (tertiary/aromatic N) is 4. The van der Waals surface area contributed by atoms with Crippen LogP contribution in [-0.2, 0) is 26.3 Å². The molecule has 0 bridgehead atoms. The summed E-state index contributed by atoms with van der Waals surface area (Å²) >= 11 is 0. The molecule has 13 rings (SSSR count). The van der Waals surface area contributed by atoms with Gasteiger partial charge in [0.25, 0.3) is 0 Å². The molecule has 0 saturated heterocycles. The summed E-state index contributed by atoms with van der Waals surface area (Å²) in [6.07, 6.45) is -4.39. The van der Waals surface area contributed by atoms with Gasteiger partial charge in [-0.15, -0.1) is 53.6 Å². The van der Waals surface area contributed by atoms with Crippen molar-refractivity contribution in [1.29, 1.82) is 0 Å². The minimum Gasteiger partial charge on any atom is -0.501 e. The Morgan fingerprint density at radius 3 is 1.67 bits per heavy atom. The Labute approximate surface area is 490 Å². The molecule has 3 aromatic heterocycles. The molecule has 0 N–H and O–H groups in total. The molecule has 0 aliphatic rings. The van der Waals surface area contributed by atoms with E-state index in [2.05, 4.69) is 86.9 Å². The average Bonchev–Trinajstić information content (AvgIpc) is 1.76. The Morgan fingerprint density at radius 2 is 1.05 bits per heavy atom. The maximum Gasteiger partial charge on any atom is 0.416 e. The minimum atomic E-state index is -4.39. The number of imidazole rings is 2. The van der Waals surface area contributed by atoms with Gasteiger partial charge in [0, 0.05) is 45.1 Å². The summed E-state index contributed by atoms with van der Waals surface area (Å²) in [5.41, 5.74) is 13.7. The average molecular weight is 1250 g/mol. The summed E-state index contributed by atoms with van der Waals surface area (Å²) in [4.78, 5) is 9.99. The van der Waals surface area contributed by atoms with Crippen molar-refractivity contribution in [2.75, 3.05) is 0 Å². The van der Waals surface area contributed by atoms with Gasteiger partial charge in [0.1, 0.15) is 11.4 Å². The van der Waals surface area contributed by atoms with Gasteiger partial charge in [-0.25, -0.2) is 4.39 Å². The summed E-state index contributed by atoms with van der Waals surface area (Å²) in [6.45, 7) is 3.79. The van der Waals surface area contributed by atoms with Gasteiger partial charge in [0.2, 0.25) is 0 Å². The first kappa shape index (κ1) is 47.1. The van der Waals surface area contributed by atoms with E-state index in [9.17, 15) is 17.6 Å². The Bertz CT molecular complexity index is 4620. The summed E-state index contributed by atoms with van der Waals surface area (Å²) in [6, 6.07) is 67.7. The third-order valence-electron chi connectivity index (χ3n) is 14.5. The van der Waals surface area contributed by atoms with Gasteiger partial charge >= 0.3 is 6.18 Å². The molecule has 0 unspecified atom stereocenters. The zero-order valence-electron chi connectivity index (χ0n) is 50.3. The molecule has 0 atom stereocenters. The van der Waals surface area contributed by atoms with Crippen LogP contribution in [0.2, 0.25) is 0 Å². The molecule has 13 aromatic rings. The molecule has 1 radical (unpaired) electrons. The molecule has 10 aromatic carbocycles. The molecule has 10 heteroatoms. The Kier molecular flexibility index (Phi) is 12.9. The van der Waals surface area contributed by atoms with Crippen LogP contribution in [0.15, 0.2) is 211 Å². The van der Waals surface area contributed by atoms with E-state index in [1.165, 1.54) is 64.7 Å². The Balaban J connectivity index is 0.000000188. The summed E-state index contributed by atoms with van der Waals surface area (Å²) in [7, 11) is 0. The van der Waals surface area contributed by atoms with Gasteiger partial charge < -0.3 is 13.6 Å². The van der Waals surface area contributed by atoms with Crippen molar-refractivity contribution < 1.29 is 50.3 Å². The van der Waals surface area contributed by atoms with Crippen LogP contribution in [0.3, 0.4) is 0 Å². The quantitative estimate of drug-likeness (QED) is 0.107. The predicted molar refractivity (Wildman–Crippen MR) is 317 cm³/mol. The molecule has 3 heterocycles. The maximum atomic E-state index is 13.5. The van der Waals surface area contributed by atoms with Crippen molar-refractivity contribution in [3.05, 3.63) is 252 Å². The van der Waals surface area contributed by atoms with Gasteiger partial charge in [0.05, 0.1) is 44.9 Å². The van der Waals surface area contributed by atoms with E-state index in [4.69, 9.17) is 22.6 Å². The zero-order chi connectivity index (χ0) is 60.4. The molecule has 0 fully saturated rings. The van der Waals surface area contributed by atoms with Crippen molar-refractivity contribution in [1.82, 2.24) is 19.1 Å². The molecule has 5 nitrogen and oxygen atoms in total. The number of hydrogen-bond acceptors (Lipinski definition) is 3. The van der Waals surface area contributed by atoms with E-state index < -0.39 is 25.4 Å².